The van der Waals surface area contributed by atoms with Crippen LogP contribution < -0.4 is 5.32 Å². The van der Waals surface area contributed by atoms with Crippen LogP contribution in [0.15, 0.2) is 38.0 Å². The van der Waals surface area contributed by atoms with Crippen LogP contribution >= 0.6 is 43.5 Å². The third-order valence-electron chi connectivity index (χ3n) is 3.04. The maximum atomic E-state index is 11.4. The number of hydrogen-bond donors (Lipinski definition) is 1. The number of furan rings is 1. The van der Waals surface area contributed by atoms with Crippen molar-refractivity contribution in [1.82, 2.24) is 0 Å². The number of benzene rings is 1. The Morgan fingerprint density at radius 2 is 2.11 bits per heavy atom. The molecule has 6 heteroatoms. The predicted molar refractivity (Wildman–Crippen MR) is 80.6 cm³/mol. The van der Waals surface area contributed by atoms with Gasteiger partial charge in [-0.05, 0) is 39.2 Å². The van der Waals surface area contributed by atoms with Crippen LogP contribution in [0.1, 0.15) is 22.1 Å². The van der Waals surface area contributed by atoms with Crippen molar-refractivity contribution in [3.63, 3.8) is 0 Å². The average Bonchev–Trinajstić information content (AvgIpc) is 2.92. The van der Waals surface area contributed by atoms with Gasteiger partial charge in [0.05, 0.1) is 18.1 Å². The summed E-state index contributed by atoms with van der Waals surface area (Å²) in [6.45, 7) is 0. The molecule has 2 heterocycles. The van der Waals surface area contributed by atoms with E-state index in [1.165, 1.54) is 0 Å². The number of carbonyl (C=O) groups is 1. The average molecular weight is 405 g/mol. The smallest absolute Gasteiger partial charge is 0.228 e. The summed E-state index contributed by atoms with van der Waals surface area (Å²) in [7, 11) is 0. The Bertz CT molecular complexity index is 669. The molecule has 1 atom stereocenters. The van der Waals surface area contributed by atoms with Crippen LogP contribution in [0.3, 0.4) is 0 Å². The number of carbonyl (C=O) groups excluding carboxylic acids is 1. The second kappa shape index (κ2) is 4.96. The maximum absolute atomic E-state index is 11.4. The van der Waals surface area contributed by atoms with E-state index in [9.17, 15) is 4.79 Å². The first kappa shape index (κ1) is 13.2. The van der Waals surface area contributed by atoms with Crippen LogP contribution in [-0.2, 0) is 11.2 Å². The van der Waals surface area contributed by atoms with E-state index >= 15 is 0 Å². The minimum Gasteiger partial charge on any atom is -0.457 e. The van der Waals surface area contributed by atoms with E-state index in [0.29, 0.717) is 11.1 Å². The fraction of sp³-hybridized carbons (Fsp3) is 0.154. The first-order valence-corrected chi connectivity index (χ1v) is 7.57. The van der Waals surface area contributed by atoms with Crippen LogP contribution in [0.2, 0.25) is 0 Å². The SMILES string of the molecule is O=C1Cc2cc(C(Cl)c3ccoc3Br)c(Br)cc2N1. The highest BCUT2D eigenvalue weighted by Crippen LogP contribution is 2.40. The first-order chi connectivity index (χ1) is 9.06. The lowest BCUT2D eigenvalue weighted by molar-refractivity contribution is -0.115. The van der Waals surface area contributed by atoms with Gasteiger partial charge in [0.15, 0.2) is 4.67 Å². The van der Waals surface area contributed by atoms with Gasteiger partial charge in [-0.1, -0.05) is 22.0 Å². The van der Waals surface area contributed by atoms with E-state index in [1.54, 1.807) is 6.26 Å². The fourth-order valence-corrected chi connectivity index (χ4v) is 3.77. The third-order valence-corrected chi connectivity index (χ3v) is 4.84. The molecule has 1 amide bonds. The summed E-state index contributed by atoms with van der Waals surface area (Å²) in [5.41, 5.74) is 3.59. The van der Waals surface area contributed by atoms with Gasteiger partial charge in [0.25, 0.3) is 0 Å². The van der Waals surface area contributed by atoms with E-state index in [2.05, 4.69) is 37.2 Å². The van der Waals surface area contributed by atoms with Crippen molar-refractivity contribution in [3.05, 3.63) is 50.3 Å². The van der Waals surface area contributed by atoms with Crippen molar-refractivity contribution in [1.29, 1.82) is 0 Å². The summed E-state index contributed by atoms with van der Waals surface area (Å²) < 4.78 is 6.69. The number of halogens is 3. The number of alkyl halides is 1. The molecule has 1 unspecified atom stereocenters. The molecular weight excluding hydrogens is 397 g/mol. The number of fused-ring (bicyclic) bond motifs is 1. The van der Waals surface area contributed by atoms with Crippen LogP contribution in [0.4, 0.5) is 5.69 Å². The Kier molecular flexibility index (Phi) is 3.45. The molecule has 0 radical (unpaired) electrons. The van der Waals surface area contributed by atoms with Crippen molar-refractivity contribution in [3.8, 4) is 0 Å². The topological polar surface area (TPSA) is 42.2 Å². The van der Waals surface area contributed by atoms with Gasteiger partial charge in [0, 0.05) is 15.7 Å². The fourth-order valence-electron chi connectivity index (χ4n) is 2.11. The zero-order valence-corrected chi connectivity index (χ0v) is 13.5. The lowest BCUT2D eigenvalue weighted by Gasteiger charge is -2.12. The molecule has 1 aliphatic heterocycles. The van der Waals surface area contributed by atoms with Crippen molar-refractivity contribution in [2.24, 2.45) is 0 Å². The lowest BCUT2D eigenvalue weighted by Crippen LogP contribution is -2.03. The van der Waals surface area contributed by atoms with Gasteiger partial charge in [-0.2, -0.15) is 0 Å². The molecule has 19 heavy (non-hydrogen) atoms. The maximum Gasteiger partial charge on any atom is 0.228 e. The molecule has 1 aromatic carbocycles. The molecule has 3 rings (SSSR count). The minimum absolute atomic E-state index is 0.00895. The largest absolute Gasteiger partial charge is 0.457 e. The summed E-state index contributed by atoms with van der Waals surface area (Å²) in [6, 6.07) is 5.66. The third kappa shape index (κ3) is 2.35. The van der Waals surface area contributed by atoms with Gasteiger partial charge in [-0.25, -0.2) is 0 Å². The molecule has 3 nitrogen and oxygen atoms in total. The van der Waals surface area contributed by atoms with E-state index in [1.807, 2.05) is 18.2 Å². The molecule has 0 saturated heterocycles. The Morgan fingerprint density at radius 1 is 1.32 bits per heavy atom. The predicted octanol–water partition coefficient (Wildman–Crippen LogP) is 4.63. The van der Waals surface area contributed by atoms with Gasteiger partial charge < -0.3 is 9.73 Å². The van der Waals surface area contributed by atoms with E-state index in [0.717, 1.165) is 26.9 Å². The van der Waals surface area contributed by atoms with Gasteiger partial charge in [0.2, 0.25) is 5.91 Å². The van der Waals surface area contributed by atoms with Gasteiger partial charge in [-0.15, -0.1) is 11.6 Å². The highest BCUT2D eigenvalue weighted by atomic mass is 79.9. The quantitative estimate of drug-likeness (QED) is 0.741. The Morgan fingerprint density at radius 3 is 2.79 bits per heavy atom. The van der Waals surface area contributed by atoms with Crippen molar-refractivity contribution in [2.75, 3.05) is 5.32 Å². The lowest BCUT2D eigenvalue weighted by atomic mass is 10.0. The molecule has 0 bridgehead atoms. The molecule has 0 spiro atoms. The summed E-state index contributed by atoms with van der Waals surface area (Å²) in [5, 5.41) is 2.47. The summed E-state index contributed by atoms with van der Waals surface area (Å²) >= 11 is 13.3. The molecule has 98 valence electrons. The van der Waals surface area contributed by atoms with Crippen LogP contribution in [0.25, 0.3) is 0 Å². The Hall–Kier alpha value is -0.780. The van der Waals surface area contributed by atoms with Crippen molar-refractivity contribution in [2.45, 2.75) is 11.8 Å². The number of nitrogens with one attached hydrogen (secondary N) is 1. The number of amides is 1. The number of anilines is 1. The van der Waals surface area contributed by atoms with E-state index < -0.39 is 0 Å². The van der Waals surface area contributed by atoms with E-state index in [4.69, 9.17) is 16.0 Å². The summed E-state index contributed by atoms with van der Waals surface area (Å²) in [4.78, 5) is 11.4. The standard InChI is InChI=1S/C13H8Br2ClNO2/c14-9-5-10-6(4-11(18)17-10)3-8(9)12(16)7-1-2-19-13(7)15/h1-3,5,12H,4H2,(H,17,18). The minimum atomic E-state index is -0.344. The monoisotopic (exact) mass is 403 g/mol. The normalized spacial score (nSPS) is 15.2. The Labute approximate surface area is 131 Å². The van der Waals surface area contributed by atoms with Crippen molar-refractivity contribution >= 4 is 55.1 Å². The zero-order chi connectivity index (χ0) is 13.6. The van der Waals surface area contributed by atoms with Crippen LogP contribution in [0, 0.1) is 0 Å². The van der Waals surface area contributed by atoms with Crippen LogP contribution in [-0.4, -0.2) is 5.91 Å². The van der Waals surface area contributed by atoms with E-state index in [-0.39, 0.29) is 11.3 Å². The summed E-state index contributed by atoms with van der Waals surface area (Å²) in [6.07, 6.45) is 1.98. The molecular formula is C13H8Br2ClNO2. The van der Waals surface area contributed by atoms with Gasteiger partial charge >= 0.3 is 0 Å². The second-order valence-corrected chi connectivity index (χ2v) is 6.28. The molecule has 2 aromatic rings. The highest BCUT2D eigenvalue weighted by molar-refractivity contribution is 9.10. The van der Waals surface area contributed by atoms with Crippen molar-refractivity contribution < 1.29 is 9.21 Å². The highest BCUT2D eigenvalue weighted by Gasteiger charge is 2.24. The first-order valence-electron chi connectivity index (χ1n) is 5.55. The summed E-state index contributed by atoms with van der Waals surface area (Å²) in [5.74, 6) is 0.00895. The number of hydrogen-bond acceptors (Lipinski definition) is 2. The van der Waals surface area contributed by atoms with Gasteiger partial charge in [0.1, 0.15) is 0 Å². The molecule has 0 saturated carbocycles. The molecule has 0 fully saturated rings. The van der Waals surface area contributed by atoms with Gasteiger partial charge in [-0.3, -0.25) is 4.79 Å². The van der Waals surface area contributed by atoms with Crippen LogP contribution in [0.5, 0.6) is 0 Å². The molecule has 0 aliphatic carbocycles. The number of rotatable bonds is 2. The molecule has 1 aromatic heterocycles. The molecule has 1 aliphatic rings. The Balaban J connectivity index is 2.05. The molecule has 1 N–H and O–H groups in total. The zero-order valence-electron chi connectivity index (χ0n) is 9.54. The second-order valence-electron chi connectivity index (χ2n) is 4.27.